The number of nitrogens with one attached hydrogen (secondary N) is 1. The Morgan fingerprint density at radius 2 is 1.80 bits per heavy atom. The Kier molecular flexibility index (Phi) is 11.4. The second kappa shape index (κ2) is 14.9. The fourth-order valence-electron chi connectivity index (χ4n) is 4.61. The average molecular weight is 553 g/mol. The Hall–Kier alpha value is -4.08. The van der Waals surface area contributed by atoms with Crippen molar-refractivity contribution in [1.82, 2.24) is 14.5 Å². The summed E-state index contributed by atoms with van der Waals surface area (Å²) in [6.07, 6.45) is 4.46. The van der Waals surface area contributed by atoms with Crippen LogP contribution in [0, 0.1) is 0 Å². The fourth-order valence-corrected chi connectivity index (χ4v) is 4.61. The maximum absolute atomic E-state index is 13.8. The molecule has 0 aliphatic carbocycles. The summed E-state index contributed by atoms with van der Waals surface area (Å²) < 4.78 is 17.1. The molecule has 1 N–H and O–H groups in total. The van der Waals surface area contributed by atoms with Crippen LogP contribution in [0.15, 0.2) is 47.3 Å². The van der Waals surface area contributed by atoms with Gasteiger partial charge in [0.2, 0.25) is 0 Å². The van der Waals surface area contributed by atoms with Crippen molar-refractivity contribution in [2.75, 3.05) is 33.2 Å². The molecule has 10 heteroatoms. The van der Waals surface area contributed by atoms with Crippen LogP contribution in [0.1, 0.15) is 64.2 Å². The van der Waals surface area contributed by atoms with Crippen LogP contribution >= 0.6 is 0 Å². The predicted molar refractivity (Wildman–Crippen MR) is 155 cm³/mol. The summed E-state index contributed by atoms with van der Waals surface area (Å²) in [7, 11) is 4.43. The van der Waals surface area contributed by atoms with E-state index >= 15 is 0 Å². The number of hydrogen-bond donors (Lipinski definition) is 1. The number of rotatable bonds is 14. The number of anilines is 1. The summed E-state index contributed by atoms with van der Waals surface area (Å²) in [6.45, 7) is 4.74. The van der Waals surface area contributed by atoms with Gasteiger partial charge in [0, 0.05) is 25.6 Å². The van der Waals surface area contributed by atoms with Crippen molar-refractivity contribution in [2.24, 2.45) is 0 Å². The van der Waals surface area contributed by atoms with Gasteiger partial charge in [0.25, 0.3) is 5.56 Å². The van der Waals surface area contributed by atoms with Crippen LogP contribution < -0.4 is 20.3 Å². The number of unbranched alkanes of at least 4 members (excludes halogenated alkanes) is 3. The van der Waals surface area contributed by atoms with Crippen LogP contribution in [0.4, 0.5) is 10.5 Å². The van der Waals surface area contributed by atoms with Gasteiger partial charge >= 0.3 is 12.0 Å². The van der Waals surface area contributed by atoms with Gasteiger partial charge in [-0.15, -0.1) is 0 Å². The molecule has 216 valence electrons. The molecule has 0 spiro atoms. The highest BCUT2D eigenvalue weighted by molar-refractivity contribution is 5.91. The average Bonchev–Trinajstić information content (AvgIpc) is 2.97. The van der Waals surface area contributed by atoms with E-state index in [0.29, 0.717) is 46.9 Å². The summed E-state index contributed by atoms with van der Waals surface area (Å²) in [6, 6.07) is 11.5. The fraction of sp³-hybridized carbons (Fsp3) is 0.467. The molecule has 1 aromatic heterocycles. The molecule has 0 aliphatic rings. The van der Waals surface area contributed by atoms with E-state index in [-0.39, 0.29) is 30.5 Å². The smallest absolute Gasteiger partial charge is 0.322 e. The maximum atomic E-state index is 13.8. The SMILES string of the molecule is CCCCCCN(C(=O)Nc1ccc(OC)cc1OC)C(C)c1nc2ccccc2c(=O)n1CCCC(=O)OC. The molecule has 0 saturated heterocycles. The van der Waals surface area contributed by atoms with Gasteiger partial charge in [0.05, 0.1) is 44.0 Å². The lowest BCUT2D eigenvalue weighted by molar-refractivity contribution is -0.140. The number of esters is 1. The Balaban J connectivity index is 2.00. The Labute approximate surface area is 235 Å². The molecule has 0 saturated carbocycles. The van der Waals surface area contributed by atoms with E-state index in [1.54, 1.807) is 53.0 Å². The first-order chi connectivity index (χ1) is 19.3. The quantitative estimate of drug-likeness (QED) is 0.206. The first-order valence-corrected chi connectivity index (χ1v) is 13.7. The number of benzene rings is 2. The van der Waals surface area contributed by atoms with E-state index in [2.05, 4.69) is 12.2 Å². The molecule has 3 aromatic rings. The third-order valence-corrected chi connectivity index (χ3v) is 6.89. The first-order valence-electron chi connectivity index (χ1n) is 13.7. The molecular formula is C30H40N4O6. The minimum Gasteiger partial charge on any atom is -0.497 e. The van der Waals surface area contributed by atoms with Crippen LogP contribution in [0.5, 0.6) is 11.5 Å². The van der Waals surface area contributed by atoms with E-state index in [1.807, 2.05) is 13.0 Å². The summed E-state index contributed by atoms with van der Waals surface area (Å²) in [5.74, 6) is 1.19. The van der Waals surface area contributed by atoms with Gasteiger partial charge in [0.1, 0.15) is 17.3 Å². The van der Waals surface area contributed by atoms with Gasteiger partial charge < -0.3 is 24.4 Å². The number of fused-ring (bicyclic) bond motifs is 1. The monoisotopic (exact) mass is 552 g/mol. The molecule has 1 atom stereocenters. The normalized spacial score (nSPS) is 11.6. The number of amides is 2. The molecule has 2 amide bonds. The highest BCUT2D eigenvalue weighted by atomic mass is 16.5. The molecular weight excluding hydrogens is 512 g/mol. The zero-order valence-corrected chi connectivity index (χ0v) is 24.1. The number of urea groups is 1. The minimum atomic E-state index is -0.540. The van der Waals surface area contributed by atoms with Crippen LogP contribution in [0.2, 0.25) is 0 Å². The number of para-hydroxylation sites is 1. The van der Waals surface area contributed by atoms with Gasteiger partial charge in [-0.1, -0.05) is 38.3 Å². The van der Waals surface area contributed by atoms with E-state index < -0.39 is 6.04 Å². The second-order valence-electron chi connectivity index (χ2n) is 9.55. The van der Waals surface area contributed by atoms with Gasteiger partial charge in [-0.25, -0.2) is 9.78 Å². The summed E-state index contributed by atoms with van der Waals surface area (Å²) in [5, 5.41) is 3.46. The molecule has 40 heavy (non-hydrogen) atoms. The van der Waals surface area contributed by atoms with Gasteiger partial charge in [0.15, 0.2) is 0 Å². The molecule has 0 fully saturated rings. The lowest BCUT2D eigenvalue weighted by atomic mass is 10.1. The lowest BCUT2D eigenvalue weighted by Gasteiger charge is -2.31. The largest absolute Gasteiger partial charge is 0.497 e. The molecule has 0 aliphatic heterocycles. The zero-order chi connectivity index (χ0) is 29.1. The number of aromatic nitrogens is 2. The number of ether oxygens (including phenoxy) is 3. The van der Waals surface area contributed by atoms with Crippen LogP contribution in [-0.4, -0.2) is 54.3 Å². The number of nitrogens with zero attached hydrogens (tertiary/aromatic N) is 3. The third-order valence-electron chi connectivity index (χ3n) is 6.89. The molecule has 0 radical (unpaired) electrons. The van der Waals surface area contributed by atoms with Gasteiger partial charge in [-0.05, 0) is 44.0 Å². The predicted octanol–water partition coefficient (Wildman–Crippen LogP) is 5.54. The standard InChI is InChI=1S/C30H40N4O6/c1-6-7-8-11-18-33(30(37)32-25-17-16-22(38-3)20-26(25)39-4)21(2)28-31-24-14-10-9-13-23(24)29(36)34(28)19-12-15-27(35)40-5/h9-10,13-14,16-17,20-21H,6-8,11-12,15,18-19H2,1-5H3,(H,32,37). The highest BCUT2D eigenvalue weighted by Gasteiger charge is 2.27. The van der Waals surface area contributed by atoms with Crippen LogP contribution in [0.3, 0.4) is 0 Å². The summed E-state index contributed by atoms with van der Waals surface area (Å²) >= 11 is 0. The molecule has 1 heterocycles. The molecule has 2 aromatic carbocycles. The number of carbonyl (C=O) groups excluding carboxylic acids is 2. The van der Waals surface area contributed by atoms with Crippen molar-refractivity contribution < 1.29 is 23.8 Å². The van der Waals surface area contributed by atoms with Crippen molar-refractivity contribution in [3.8, 4) is 11.5 Å². The topological polar surface area (TPSA) is 112 Å². The van der Waals surface area contributed by atoms with Crippen molar-refractivity contribution in [2.45, 2.75) is 65.0 Å². The van der Waals surface area contributed by atoms with E-state index in [0.717, 1.165) is 25.7 Å². The van der Waals surface area contributed by atoms with Crippen molar-refractivity contribution in [3.05, 3.63) is 58.6 Å². The number of hydrogen-bond acceptors (Lipinski definition) is 7. The van der Waals surface area contributed by atoms with Crippen molar-refractivity contribution in [1.29, 1.82) is 0 Å². The lowest BCUT2D eigenvalue weighted by Crippen LogP contribution is -2.40. The summed E-state index contributed by atoms with van der Waals surface area (Å²) in [4.78, 5) is 45.7. The zero-order valence-electron chi connectivity index (χ0n) is 24.1. The summed E-state index contributed by atoms with van der Waals surface area (Å²) in [5.41, 5.74) is 0.850. The molecule has 0 bridgehead atoms. The van der Waals surface area contributed by atoms with E-state index in [1.165, 1.54) is 14.2 Å². The Bertz CT molecular complexity index is 1360. The second-order valence-corrected chi connectivity index (χ2v) is 9.55. The maximum Gasteiger partial charge on any atom is 0.322 e. The molecule has 10 nitrogen and oxygen atoms in total. The van der Waals surface area contributed by atoms with Gasteiger partial charge in [-0.2, -0.15) is 0 Å². The minimum absolute atomic E-state index is 0.169. The Morgan fingerprint density at radius 1 is 1.02 bits per heavy atom. The molecule has 3 rings (SSSR count). The third kappa shape index (κ3) is 7.52. The van der Waals surface area contributed by atoms with Crippen LogP contribution in [-0.2, 0) is 16.1 Å². The number of methoxy groups -OCH3 is 3. The van der Waals surface area contributed by atoms with Crippen molar-refractivity contribution >= 4 is 28.6 Å². The van der Waals surface area contributed by atoms with E-state index in [4.69, 9.17) is 19.2 Å². The van der Waals surface area contributed by atoms with E-state index in [9.17, 15) is 14.4 Å². The Morgan fingerprint density at radius 3 is 2.50 bits per heavy atom. The number of carbonyl (C=O) groups is 2. The highest BCUT2D eigenvalue weighted by Crippen LogP contribution is 2.30. The van der Waals surface area contributed by atoms with Gasteiger partial charge in [-0.3, -0.25) is 14.2 Å². The van der Waals surface area contributed by atoms with Crippen LogP contribution in [0.25, 0.3) is 10.9 Å². The first kappa shape index (κ1) is 30.5. The molecule has 1 unspecified atom stereocenters. The van der Waals surface area contributed by atoms with Crippen molar-refractivity contribution in [3.63, 3.8) is 0 Å².